The Balaban J connectivity index is 2.59. The van der Waals surface area contributed by atoms with Gasteiger partial charge in [-0.25, -0.2) is 9.59 Å². The van der Waals surface area contributed by atoms with E-state index in [1.54, 1.807) is 18.2 Å². The number of aromatic carboxylic acids is 1. The van der Waals surface area contributed by atoms with Crippen molar-refractivity contribution in [2.45, 2.75) is 0 Å². The highest BCUT2D eigenvalue weighted by atomic mass is 35.5. The predicted molar refractivity (Wildman–Crippen MR) is 80.2 cm³/mol. The van der Waals surface area contributed by atoms with E-state index in [-0.39, 0.29) is 21.2 Å². The molecular weight excluding hydrogens is 315 g/mol. The fourth-order valence-corrected chi connectivity index (χ4v) is 2.45. The number of carboxylic acid groups (broad SMARTS) is 1. The lowest BCUT2D eigenvalue weighted by Gasteiger charge is -2.10. The van der Waals surface area contributed by atoms with Gasteiger partial charge in [-0.15, -0.1) is 0 Å². The number of carbonyl (C=O) groups is 2. The molecule has 0 radical (unpaired) electrons. The second-order valence-electron chi connectivity index (χ2n) is 4.15. The fourth-order valence-electron chi connectivity index (χ4n) is 1.94. The van der Waals surface area contributed by atoms with Crippen molar-refractivity contribution < 1.29 is 19.4 Å². The van der Waals surface area contributed by atoms with Crippen molar-refractivity contribution in [3.8, 4) is 11.1 Å². The van der Waals surface area contributed by atoms with Gasteiger partial charge in [0.2, 0.25) is 0 Å². The molecule has 0 saturated carbocycles. The van der Waals surface area contributed by atoms with E-state index >= 15 is 0 Å². The summed E-state index contributed by atoms with van der Waals surface area (Å²) in [7, 11) is 1.26. The molecule has 108 valence electrons. The van der Waals surface area contributed by atoms with E-state index in [9.17, 15) is 14.7 Å². The first-order chi connectivity index (χ1) is 9.95. The van der Waals surface area contributed by atoms with Crippen molar-refractivity contribution in [3.05, 3.63) is 57.6 Å². The van der Waals surface area contributed by atoms with Gasteiger partial charge in [0, 0.05) is 0 Å². The van der Waals surface area contributed by atoms with Crippen LogP contribution in [0.1, 0.15) is 20.7 Å². The van der Waals surface area contributed by atoms with Gasteiger partial charge in [0.05, 0.1) is 28.3 Å². The summed E-state index contributed by atoms with van der Waals surface area (Å²) in [5.41, 5.74) is 1.17. The van der Waals surface area contributed by atoms with Crippen molar-refractivity contribution in [1.82, 2.24) is 0 Å². The van der Waals surface area contributed by atoms with Gasteiger partial charge in [-0.2, -0.15) is 0 Å². The average molecular weight is 325 g/mol. The number of hydrogen-bond donors (Lipinski definition) is 1. The van der Waals surface area contributed by atoms with E-state index in [0.717, 1.165) is 0 Å². The number of carboxylic acids is 1. The summed E-state index contributed by atoms with van der Waals surface area (Å²) in [5, 5.41) is 9.58. The number of methoxy groups -OCH3 is 1. The molecule has 0 amide bonds. The molecule has 21 heavy (non-hydrogen) atoms. The zero-order valence-electron chi connectivity index (χ0n) is 10.9. The summed E-state index contributed by atoms with van der Waals surface area (Å²) in [4.78, 5) is 22.8. The van der Waals surface area contributed by atoms with E-state index in [2.05, 4.69) is 4.74 Å². The van der Waals surface area contributed by atoms with Crippen molar-refractivity contribution in [3.63, 3.8) is 0 Å². The molecule has 0 aliphatic carbocycles. The van der Waals surface area contributed by atoms with Gasteiger partial charge < -0.3 is 9.84 Å². The maximum Gasteiger partial charge on any atom is 0.339 e. The first kappa shape index (κ1) is 15.4. The number of benzene rings is 2. The Morgan fingerprint density at radius 1 is 1.10 bits per heavy atom. The largest absolute Gasteiger partial charge is 0.478 e. The van der Waals surface area contributed by atoms with E-state index in [4.69, 9.17) is 23.2 Å². The number of rotatable bonds is 3. The Morgan fingerprint density at radius 2 is 1.81 bits per heavy atom. The highest BCUT2D eigenvalue weighted by Gasteiger charge is 2.17. The van der Waals surface area contributed by atoms with Crippen molar-refractivity contribution in [1.29, 1.82) is 0 Å². The highest BCUT2D eigenvalue weighted by molar-refractivity contribution is 6.35. The molecule has 1 N–H and O–H groups in total. The Bertz CT molecular complexity index is 726. The predicted octanol–water partition coefficient (Wildman–Crippen LogP) is 4.15. The topological polar surface area (TPSA) is 63.6 Å². The maximum atomic E-state index is 11.5. The molecular formula is C15H10Cl2O4. The smallest absolute Gasteiger partial charge is 0.339 e. The van der Waals surface area contributed by atoms with Gasteiger partial charge in [-0.3, -0.25) is 0 Å². The monoisotopic (exact) mass is 324 g/mol. The number of ether oxygens (including phenoxy) is 1. The van der Waals surface area contributed by atoms with Crippen molar-refractivity contribution >= 4 is 35.1 Å². The van der Waals surface area contributed by atoms with Crippen LogP contribution in [0.4, 0.5) is 0 Å². The van der Waals surface area contributed by atoms with Crippen LogP contribution in [-0.2, 0) is 4.74 Å². The molecule has 0 bridgehead atoms. The molecule has 0 aromatic heterocycles. The van der Waals surface area contributed by atoms with E-state index in [1.165, 1.54) is 25.3 Å². The average Bonchev–Trinajstić information content (AvgIpc) is 2.45. The molecule has 2 aromatic carbocycles. The summed E-state index contributed by atoms with van der Waals surface area (Å²) in [6.45, 7) is 0. The highest BCUT2D eigenvalue weighted by Crippen LogP contribution is 2.32. The molecule has 0 spiro atoms. The van der Waals surface area contributed by atoms with E-state index < -0.39 is 11.9 Å². The van der Waals surface area contributed by atoms with Crippen LogP contribution in [0.25, 0.3) is 11.1 Å². The fraction of sp³-hybridized carbons (Fsp3) is 0.0667. The van der Waals surface area contributed by atoms with Crippen LogP contribution in [0.5, 0.6) is 0 Å². The molecule has 2 aromatic rings. The SMILES string of the molecule is COC(=O)c1ccc(-c2cccc(Cl)c2C(=O)O)cc1Cl. The summed E-state index contributed by atoms with van der Waals surface area (Å²) < 4.78 is 4.61. The third-order valence-corrected chi connectivity index (χ3v) is 3.54. The van der Waals surface area contributed by atoms with Crippen LogP contribution < -0.4 is 0 Å². The number of halogens is 2. The quantitative estimate of drug-likeness (QED) is 0.861. The summed E-state index contributed by atoms with van der Waals surface area (Å²) >= 11 is 12.0. The third-order valence-electron chi connectivity index (χ3n) is 2.91. The zero-order valence-corrected chi connectivity index (χ0v) is 12.4. The Hall–Kier alpha value is -2.04. The molecule has 0 aliphatic rings. The maximum absolute atomic E-state index is 11.5. The number of esters is 1. The Labute approximate surface area is 130 Å². The Morgan fingerprint density at radius 3 is 2.38 bits per heavy atom. The lowest BCUT2D eigenvalue weighted by molar-refractivity contribution is 0.0600. The number of hydrogen-bond acceptors (Lipinski definition) is 3. The van der Waals surface area contributed by atoms with E-state index in [0.29, 0.717) is 11.1 Å². The van der Waals surface area contributed by atoms with Crippen LogP contribution in [-0.4, -0.2) is 24.2 Å². The molecule has 0 aliphatic heterocycles. The van der Waals surface area contributed by atoms with Crippen LogP contribution in [0.3, 0.4) is 0 Å². The molecule has 4 nitrogen and oxygen atoms in total. The van der Waals surface area contributed by atoms with Gasteiger partial charge >= 0.3 is 11.9 Å². The summed E-state index contributed by atoms with van der Waals surface area (Å²) in [5.74, 6) is -1.69. The molecule has 0 saturated heterocycles. The molecule has 6 heteroatoms. The van der Waals surface area contributed by atoms with Crippen LogP contribution in [0, 0.1) is 0 Å². The minimum absolute atomic E-state index is 0.0129. The van der Waals surface area contributed by atoms with Crippen LogP contribution in [0.2, 0.25) is 10.0 Å². The van der Waals surface area contributed by atoms with Gasteiger partial charge in [-0.1, -0.05) is 41.4 Å². The van der Waals surface area contributed by atoms with Crippen molar-refractivity contribution in [2.75, 3.05) is 7.11 Å². The van der Waals surface area contributed by atoms with Crippen LogP contribution in [0.15, 0.2) is 36.4 Å². The second kappa shape index (κ2) is 6.16. The minimum atomic E-state index is -1.14. The second-order valence-corrected chi connectivity index (χ2v) is 4.97. The third kappa shape index (κ3) is 3.01. The van der Waals surface area contributed by atoms with Gasteiger partial charge in [-0.05, 0) is 29.3 Å². The molecule has 0 heterocycles. The van der Waals surface area contributed by atoms with Gasteiger partial charge in [0.25, 0.3) is 0 Å². The first-order valence-corrected chi connectivity index (χ1v) is 6.61. The summed E-state index contributed by atoms with van der Waals surface area (Å²) in [6.07, 6.45) is 0. The lowest BCUT2D eigenvalue weighted by atomic mass is 9.98. The first-order valence-electron chi connectivity index (χ1n) is 5.85. The normalized spacial score (nSPS) is 10.2. The van der Waals surface area contributed by atoms with Gasteiger partial charge in [0.15, 0.2) is 0 Å². The van der Waals surface area contributed by atoms with Gasteiger partial charge in [0.1, 0.15) is 0 Å². The number of carbonyl (C=O) groups excluding carboxylic acids is 1. The van der Waals surface area contributed by atoms with Crippen LogP contribution >= 0.6 is 23.2 Å². The lowest BCUT2D eigenvalue weighted by Crippen LogP contribution is -2.03. The zero-order chi connectivity index (χ0) is 15.6. The van der Waals surface area contributed by atoms with E-state index in [1.807, 2.05) is 0 Å². The molecule has 0 atom stereocenters. The summed E-state index contributed by atoms with van der Waals surface area (Å²) in [6, 6.07) is 9.35. The molecule has 0 unspecified atom stereocenters. The van der Waals surface area contributed by atoms with Crippen molar-refractivity contribution in [2.24, 2.45) is 0 Å². The Kier molecular flexibility index (Phi) is 4.50. The molecule has 0 fully saturated rings. The minimum Gasteiger partial charge on any atom is -0.478 e. The molecule has 2 rings (SSSR count). The standard InChI is InChI=1S/C15H10Cl2O4/c1-21-15(20)10-6-5-8(7-12(10)17)9-3-2-4-11(16)13(9)14(18)19/h2-7H,1H3,(H,18,19).